The van der Waals surface area contributed by atoms with Gasteiger partial charge in [0, 0.05) is 30.7 Å². The first-order valence-electron chi connectivity index (χ1n) is 7.87. The molecule has 1 amide bonds. The number of aromatic nitrogens is 3. The fourth-order valence-electron chi connectivity index (χ4n) is 3.57. The molecule has 2 unspecified atom stereocenters. The molecular weight excluding hydrogens is 310 g/mol. The number of carbonyl (C=O) groups excluding carboxylic acids is 1. The summed E-state index contributed by atoms with van der Waals surface area (Å²) in [4.78, 5) is 30.0. The highest BCUT2D eigenvalue weighted by molar-refractivity contribution is 7.09. The number of fused-ring (bicyclic) bond motifs is 1. The van der Waals surface area contributed by atoms with Gasteiger partial charge in [0.25, 0.3) is 0 Å². The molecular formula is C16H19N5OS. The number of aryl methyl sites for hydroxylation is 2. The normalized spacial score (nSPS) is 23.7. The van der Waals surface area contributed by atoms with Crippen LogP contribution in [0, 0.1) is 13.8 Å². The Labute approximate surface area is 139 Å². The van der Waals surface area contributed by atoms with Gasteiger partial charge in [0.05, 0.1) is 29.3 Å². The molecule has 0 aromatic carbocycles. The van der Waals surface area contributed by atoms with Crippen LogP contribution in [0.4, 0.5) is 5.95 Å². The number of thiazole rings is 1. The SMILES string of the molecule is Cc1cnc(N2CCC3C2CC(=O)N3Cc2csc(C)n2)nc1. The van der Waals surface area contributed by atoms with Crippen LogP contribution in [0.3, 0.4) is 0 Å². The molecule has 2 fully saturated rings. The Hall–Kier alpha value is -2.02. The van der Waals surface area contributed by atoms with E-state index in [1.807, 2.05) is 36.5 Å². The number of likely N-dealkylation sites (tertiary alicyclic amines) is 1. The van der Waals surface area contributed by atoms with Crippen molar-refractivity contribution < 1.29 is 4.79 Å². The first-order chi connectivity index (χ1) is 11.1. The number of hydrogen-bond donors (Lipinski definition) is 0. The predicted octanol–water partition coefficient (Wildman–Crippen LogP) is 1.93. The van der Waals surface area contributed by atoms with Crippen LogP contribution in [0.2, 0.25) is 0 Å². The van der Waals surface area contributed by atoms with Crippen molar-refractivity contribution in [2.24, 2.45) is 0 Å². The summed E-state index contributed by atoms with van der Waals surface area (Å²) in [6.07, 6.45) is 5.19. The van der Waals surface area contributed by atoms with Crippen LogP contribution in [0.1, 0.15) is 29.1 Å². The van der Waals surface area contributed by atoms with Crippen molar-refractivity contribution in [1.82, 2.24) is 19.9 Å². The third-order valence-corrected chi connectivity index (χ3v) is 5.46. The highest BCUT2D eigenvalue weighted by Crippen LogP contribution is 2.35. The lowest BCUT2D eigenvalue weighted by Gasteiger charge is -2.25. The van der Waals surface area contributed by atoms with E-state index in [4.69, 9.17) is 0 Å². The Kier molecular flexibility index (Phi) is 3.52. The molecule has 2 aromatic heterocycles. The maximum absolute atomic E-state index is 12.5. The van der Waals surface area contributed by atoms with Crippen LogP contribution < -0.4 is 4.90 Å². The molecule has 23 heavy (non-hydrogen) atoms. The van der Waals surface area contributed by atoms with Crippen LogP contribution in [0.25, 0.3) is 0 Å². The molecule has 0 saturated carbocycles. The Bertz CT molecular complexity index is 728. The molecule has 2 aliphatic rings. The van der Waals surface area contributed by atoms with E-state index in [2.05, 4.69) is 19.9 Å². The average molecular weight is 329 g/mol. The van der Waals surface area contributed by atoms with E-state index < -0.39 is 0 Å². The number of hydrogen-bond acceptors (Lipinski definition) is 6. The van der Waals surface area contributed by atoms with Gasteiger partial charge in [-0.3, -0.25) is 4.79 Å². The van der Waals surface area contributed by atoms with E-state index in [1.54, 1.807) is 11.3 Å². The van der Waals surface area contributed by atoms with Gasteiger partial charge in [-0.05, 0) is 25.8 Å². The highest BCUT2D eigenvalue weighted by atomic mass is 32.1. The lowest BCUT2D eigenvalue weighted by Crippen LogP contribution is -2.37. The van der Waals surface area contributed by atoms with Gasteiger partial charge in [-0.25, -0.2) is 15.0 Å². The fraction of sp³-hybridized carbons (Fsp3) is 0.500. The minimum Gasteiger partial charge on any atom is -0.335 e. The van der Waals surface area contributed by atoms with Crippen LogP contribution in [0.5, 0.6) is 0 Å². The summed E-state index contributed by atoms with van der Waals surface area (Å²) in [6, 6.07) is 0.430. The average Bonchev–Trinajstić information content (AvgIpc) is 3.19. The Morgan fingerprint density at radius 3 is 2.74 bits per heavy atom. The standard InChI is InChI=1S/C16H19N5OS/c1-10-6-17-16(18-7-10)20-4-3-13-14(20)5-15(22)21(13)8-12-9-23-11(2)19-12/h6-7,9,13-14H,3-5,8H2,1-2H3. The molecule has 0 bridgehead atoms. The number of anilines is 1. The second-order valence-electron chi connectivity index (χ2n) is 6.26. The monoisotopic (exact) mass is 329 g/mol. The lowest BCUT2D eigenvalue weighted by molar-refractivity contribution is -0.129. The molecule has 0 spiro atoms. The summed E-state index contributed by atoms with van der Waals surface area (Å²) in [5, 5.41) is 3.09. The van der Waals surface area contributed by atoms with Gasteiger partial charge in [-0.1, -0.05) is 0 Å². The van der Waals surface area contributed by atoms with Crippen molar-refractivity contribution in [3.8, 4) is 0 Å². The van der Waals surface area contributed by atoms with Crippen LogP contribution in [-0.4, -0.2) is 44.4 Å². The van der Waals surface area contributed by atoms with Crippen LogP contribution >= 0.6 is 11.3 Å². The minimum absolute atomic E-state index is 0.185. The topological polar surface area (TPSA) is 62.2 Å². The molecule has 120 valence electrons. The van der Waals surface area contributed by atoms with Gasteiger partial charge in [-0.2, -0.15) is 0 Å². The quantitative estimate of drug-likeness (QED) is 0.861. The van der Waals surface area contributed by atoms with Gasteiger partial charge >= 0.3 is 0 Å². The molecule has 7 heteroatoms. The molecule has 4 heterocycles. The number of carbonyl (C=O) groups is 1. The van der Waals surface area contributed by atoms with Crippen molar-refractivity contribution in [2.45, 2.75) is 45.3 Å². The Balaban J connectivity index is 1.53. The number of amides is 1. The summed E-state index contributed by atoms with van der Waals surface area (Å²) < 4.78 is 0. The summed E-state index contributed by atoms with van der Waals surface area (Å²) >= 11 is 1.63. The zero-order valence-corrected chi connectivity index (χ0v) is 14.1. The molecule has 2 aliphatic heterocycles. The summed E-state index contributed by atoms with van der Waals surface area (Å²) in [5.41, 5.74) is 2.04. The van der Waals surface area contributed by atoms with Gasteiger partial charge < -0.3 is 9.80 Å². The summed E-state index contributed by atoms with van der Waals surface area (Å²) in [7, 11) is 0. The van der Waals surface area contributed by atoms with Gasteiger partial charge in [-0.15, -0.1) is 11.3 Å². The van der Waals surface area contributed by atoms with E-state index in [9.17, 15) is 4.79 Å². The molecule has 2 atom stereocenters. The summed E-state index contributed by atoms with van der Waals surface area (Å²) in [5.74, 6) is 0.949. The van der Waals surface area contributed by atoms with Crippen molar-refractivity contribution >= 4 is 23.2 Å². The fourth-order valence-corrected chi connectivity index (χ4v) is 4.18. The third kappa shape index (κ3) is 2.59. The predicted molar refractivity (Wildman–Crippen MR) is 88.3 cm³/mol. The summed E-state index contributed by atoms with van der Waals surface area (Å²) in [6.45, 7) is 5.49. The van der Waals surface area contributed by atoms with Gasteiger partial charge in [0.15, 0.2) is 0 Å². The molecule has 4 rings (SSSR count). The molecule has 2 saturated heterocycles. The van der Waals surface area contributed by atoms with Crippen LogP contribution in [0.15, 0.2) is 17.8 Å². The maximum atomic E-state index is 12.5. The van der Waals surface area contributed by atoms with E-state index in [1.165, 1.54) is 0 Å². The zero-order valence-electron chi connectivity index (χ0n) is 13.3. The second-order valence-corrected chi connectivity index (χ2v) is 7.32. The van der Waals surface area contributed by atoms with E-state index in [0.717, 1.165) is 35.2 Å². The zero-order chi connectivity index (χ0) is 16.0. The highest BCUT2D eigenvalue weighted by Gasteiger charge is 2.47. The van der Waals surface area contributed by atoms with E-state index in [-0.39, 0.29) is 18.0 Å². The Morgan fingerprint density at radius 1 is 1.26 bits per heavy atom. The van der Waals surface area contributed by atoms with Crippen molar-refractivity contribution in [3.63, 3.8) is 0 Å². The van der Waals surface area contributed by atoms with Gasteiger partial charge in [0.2, 0.25) is 11.9 Å². The van der Waals surface area contributed by atoms with Crippen molar-refractivity contribution in [3.05, 3.63) is 34.0 Å². The molecule has 6 nitrogen and oxygen atoms in total. The number of rotatable bonds is 3. The van der Waals surface area contributed by atoms with E-state index in [0.29, 0.717) is 13.0 Å². The van der Waals surface area contributed by atoms with Gasteiger partial charge in [0.1, 0.15) is 0 Å². The van der Waals surface area contributed by atoms with Crippen molar-refractivity contribution in [1.29, 1.82) is 0 Å². The minimum atomic E-state index is 0.185. The maximum Gasteiger partial charge on any atom is 0.225 e. The second kappa shape index (κ2) is 5.56. The largest absolute Gasteiger partial charge is 0.335 e. The molecule has 0 aliphatic carbocycles. The van der Waals surface area contributed by atoms with Crippen molar-refractivity contribution in [2.75, 3.05) is 11.4 Å². The number of nitrogens with zero attached hydrogens (tertiary/aromatic N) is 5. The first kappa shape index (κ1) is 14.6. The Morgan fingerprint density at radius 2 is 2.04 bits per heavy atom. The lowest BCUT2D eigenvalue weighted by atomic mass is 10.1. The molecule has 2 aromatic rings. The van der Waals surface area contributed by atoms with Crippen LogP contribution in [-0.2, 0) is 11.3 Å². The third-order valence-electron chi connectivity index (χ3n) is 4.64. The molecule has 0 N–H and O–H groups in total. The van der Waals surface area contributed by atoms with E-state index >= 15 is 0 Å². The first-order valence-corrected chi connectivity index (χ1v) is 8.75. The molecule has 0 radical (unpaired) electrons. The smallest absolute Gasteiger partial charge is 0.225 e.